The van der Waals surface area contributed by atoms with Crippen LogP contribution in [-0.4, -0.2) is 46.0 Å². The van der Waals surface area contributed by atoms with Gasteiger partial charge in [0.1, 0.15) is 15.1 Å². The fourth-order valence-corrected chi connectivity index (χ4v) is 6.40. The van der Waals surface area contributed by atoms with Gasteiger partial charge < -0.3 is 9.45 Å². The van der Waals surface area contributed by atoms with Crippen molar-refractivity contribution in [1.82, 2.24) is 4.90 Å². The normalized spacial score (nSPS) is 18.4. The van der Waals surface area contributed by atoms with E-state index in [1.807, 2.05) is 49.1 Å². The number of thioether (sulfide) groups is 3. The third-order valence-electron chi connectivity index (χ3n) is 4.91. The molecule has 0 radical (unpaired) electrons. The maximum Gasteiger partial charge on any atom is 0.436 e. The lowest BCUT2D eigenvalue weighted by atomic mass is 10.2. The van der Waals surface area contributed by atoms with Crippen LogP contribution in [0, 0.1) is 13.8 Å². The molecule has 2 aromatic carbocycles. The lowest BCUT2D eigenvalue weighted by Crippen LogP contribution is -2.17. The van der Waals surface area contributed by atoms with E-state index >= 15 is 0 Å². The minimum atomic E-state index is -4.27. The molecule has 2 aromatic rings. The van der Waals surface area contributed by atoms with Crippen molar-refractivity contribution in [3.8, 4) is 0 Å². The molecule has 0 N–H and O–H groups in total. The molecule has 2 aliphatic rings. The molecule has 174 valence electrons. The van der Waals surface area contributed by atoms with E-state index in [1.165, 1.54) is 23.4 Å². The van der Waals surface area contributed by atoms with Crippen molar-refractivity contribution in [3.63, 3.8) is 0 Å². The molecule has 0 fully saturated rings. The van der Waals surface area contributed by atoms with Crippen molar-refractivity contribution >= 4 is 61.4 Å². The summed E-state index contributed by atoms with van der Waals surface area (Å²) in [6.45, 7) is 5.93. The standard InChI is InChI=1S/C16H17N2OS3.C7H8O3S/c1-10-5-7-12(8-6-10)18-14(19)13(22-16(18)20-4)15-17(3)11(2)9-21-15;1-6-2-4-7(5-3-6)11(8,9)10/h5-9H,1-4H3;2-5H,1H3,(H,8,9,10)/q+1;/p-1/b15-13+;. The number of rotatable bonds is 2. The Balaban J connectivity index is 0.000000235. The van der Waals surface area contributed by atoms with Crippen LogP contribution in [0.1, 0.15) is 18.1 Å². The highest BCUT2D eigenvalue weighted by molar-refractivity contribution is 8.40. The van der Waals surface area contributed by atoms with Crippen LogP contribution >= 0.6 is 35.3 Å². The lowest BCUT2D eigenvalue weighted by molar-refractivity contribution is -0.354. The molecule has 4 rings (SSSR count). The predicted octanol–water partition coefficient (Wildman–Crippen LogP) is 5.24. The zero-order valence-electron chi connectivity index (χ0n) is 18.9. The average Bonchev–Trinajstić information content (AvgIpc) is 3.27. The summed E-state index contributed by atoms with van der Waals surface area (Å²) < 4.78 is 34.0. The molecule has 0 aliphatic carbocycles. The maximum absolute atomic E-state index is 12.9. The Morgan fingerprint density at radius 3 is 1.97 bits per heavy atom. The minimum absolute atomic E-state index is 0.0654. The molecule has 6 nitrogen and oxygen atoms in total. The summed E-state index contributed by atoms with van der Waals surface area (Å²) in [5.41, 5.74) is 4.22. The molecule has 2 aliphatic heterocycles. The van der Waals surface area contributed by atoms with Gasteiger partial charge in [-0.05, 0) is 44.6 Å². The molecule has 0 spiro atoms. The second kappa shape index (κ2) is 10.5. The maximum atomic E-state index is 12.9. The fraction of sp³-hybridized carbons (Fsp3) is 0.217. The van der Waals surface area contributed by atoms with Gasteiger partial charge in [-0.15, -0.1) is 4.58 Å². The Bertz CT molecular complexity index is 1260. The lowest BCUT2D eigenvalue weighted by Gasteiger charge is -2.14. The topological polar surface area (TPSA) is 80.5 Å². The van der Waals surface area contributed by atoms with E-state index in [4.69, 9.17) is 0 Å². The second-order valence-corrected chi connectivity index (χ2v) is 11.7. The first-order valence-corrected chi connectivity index (χ1v) is 14.2. The molecular weight excluding hydrogens is 497 g/mol. The molecule has 0 bridgehead atoms. The molecule has 2 heterocycles. The average molecular weight is 521 g/mol. The second-order valence-electron chi connectivity index (χ2n) is 7.39. The first-order chi connectivity index (χ1) is 15.5. The number of carbonyl (C=O) groups is 1. The predicted molar refractivity (Wildman–Crippen MR) is 137 cm³/mol. The molecule has 33 heavy (non-hydrogen) atoms. The van der Waals surface area contributed by atoms with Crippen molar-refractivity contribution in [1.29, 1.82) is 0 Å². The Morgan fingerprint density at radius 1 is 0.970 bits per heavy atom. The third kappa shape index (κ3) is 5.93. The van der Waals surface area contributed by atoms with Gasteiger partial charge in [-0.2, -0.15) is 0 Å². The summed E-state index contributed by atoms with van der Waals surface area (Å²) in [5.74, 6) is 0.0654. The number of hydrogen-bond acceptors (Lipinski definition) is 8. The summed E-state index contributed by atoms with van der Waals surface area (Å²) in [4.78, 5) is 15.7. The van der Waals surface area contributed by atoms with E-state index in [2.05, 4.69) is 24.2 Å². The van der Waals surface area contributed by atoms with E-state index in [-0.39, 0.29) is 10.8 Å². The Labute approximate surface area is 207 Å². The van der Waals surface area contributed by atoms with Crippen LogP contribution in [0.2, 0.25) is 0 Å². The first kappa shape index (κ1) is 25.6. The van der Waals surface area contributed by atoms with E-state index in [9.17, 15) is 17.8 Å². The van der Waals surface area contributed by atoms with Gasteiger partial charge in [0, 0.05) is 36.6 Å². The Hall–Kier alpha value is -1.98. The minimum Gasteiger partial charge on any atom is -0.744 e. The molecule has 10 heteroatoms. The van der Waals surface area contributed by atoms with Crippen LogP contribution in [0.4, 0.5) is 5.69 Å². The van der Waals surface area contributed by atoms with Crippen LogP contribution in [0.25, 0.3) is 0 Å². The molecule has 0 aromatic heterocycles. The van der Waals surface area contributed by atoms with Crippen LogP contribution < -0.4 is 0 Å². The fourth-order valence-electron chi connectivity index (χ4n) is 2.92. The van der Waals surface area contributed by atoms with Gasteiger partial charge in [0.25, 0.3) is 4.38 Å². The summed E-state index contributed by atoms with van der Waals surface area (Å²) in [5, 5.41) is 3.11. The van der Waals surface area contributed by atoms with Gasteiger partial charge in [-0.1, -0.05) is 58.9 Å². The van der Waals surface area contributed by atoms with Crippen LogP contribution in [0.5, 0.6) is 0 Å². The summed E-state index contributed by atoms with van der Waals surface area (Å²) in [6, 6.07) is 13.9. The molecular formula is C23H24N2O4S4. The van der Waals surface area contributed by atoms with Crippen LogP contribution in [0.15, 0.2) is 74.5 Å². The van der Waals surface area contributed by atoms with Gasteiger partial charge >= 0.3 is 5.91 Å². The van der Waals surface area contributed by atoms with Crippen LogP contribution in [-0.2, 0) is 14.9 Å². The van der Waals surface area contributed by atoms with Crippen LogP contribution in [0.3, 0.4) is 0 Å². The number of hydrogen-bond donors (Lipinski definition) is 0. The number of carbonyl (C=O) groups excluding carboxylic acids is 1. The van der Waals surface area contributed by atoms with Crippen molar-refractivity contribution < 1.29 is 22.3 Å². The highest BCUT2D eigenvalue weighted by atomic mass is 32.2. The number of aryl methyl sites for hydroxylation is 2. The highest BCUT2D eigenvalue weighted by Gasteiger charge is 2.43. The highest BCUT2D eigenvalue weighted by Crippen LogP contribution is 2.44. The summed E-state index contributed by atoms with van der Waals surface area (Å²) >= 11 is 4.81. The Kier molecular flexibility index (Phi) is 8.17. The smallest absolute Gasteiger partial charge is 0.436 e. The van der Waals surface area contributed by atoms with Gasteiger partial charge in [0.15, 0.2) is 4.91 Å². The largest absolute Gasteiger partial charge is 0.744 e. The molecule has 1 amide bonds. The zero-order chi connectivity index (χ0) is 24.3. The van der Waals surface area contributed by atoms with Gasteiger partial charge in [0.05, 0.1) is 4.90 Å². The molecule has 0 saturated heterocycles. The summed E-state index contributed by atoms with van der Waals surface area (Å²) in [7, 11) is -2.26. The zero-order valence-corrected chi connectivity index (χ0v) is 22.1. The number of amides is 1. The van der Waals surface area contributed by atoms with Crippen molar-refractivity contribution in [2.24, 2.45) is 0 Å². The number of nitrogens with zero attached hydrogens (tertiary/aromatic N) is 2. The molecule has 0 unspecified atom stereocenters. The van der Waals surface area contributed by atoms with E-state index in [0.717, 1.165) is 25.6 Å². The molecule has 0 atom stereocenters. The van der Waals surface area contributed by atoms with Crippen molar-refractivity contribution in [2.75, 3.05) is 13.3 Å². The van der Waals surface area contributed by atoms with Crippen molar-refractivity contribution in [3.05, 3.63) is 80.7 Å². The summed E-state index contributed by atoms with van der Waals surface area (Å²) in [6.07, 6.45) is 2.01. The number of allylic oxidation sites excluding steroid dienone is 1. The first-order valence-electron chi connectivity index (χ1n) is 9.87. The van der Waals surface area contributed by atoms with Crippen molar-refractivity contribution in [2.45, 2.75) is 25.7 Å². The number of benzene rings is 2. The van der Waals surface area contributed by atoms with Gasteiger partial charge in [-0.3, -0.25) is 0 Å². The Morgan fingerprint density at radius 2 is 1.52 bits per heavy atom. The SMILES string of the molecule is CSC1=[N+](c2ccc(C)cc2)C(=O)/C(=C2\SC=C(C)N2C)S1.Cc1ccc(S(=O)(=O)[O-])cc1. The third-order valence-corrected chi connectivity index (χ3v) is 9.26. The quantitative estimate of drug-likeness (QED) is 0.302. The van der Waals surface area contributed by atoms with E-state index in [1.54, 1.807) is 47.4 Å². The van der Waals surface area contributed by atoms with E-state index < -0.39 is 10.1 Å². The van der Waals surface area contributed by atoms with Gasteiger partial charge in [-0.25, -0.2) is 13.2 Å². The van der Waals surface area contributed by atoms with E-state index in [0.29, 0.717) is 0 Å². The molecule has 0 saturated carbocycles. The monoisotopic (exact) mass is 520 g/mol. The van der Waals surface area contributed by atoms with Gasteiger partial charge in [0.2, 0.25) is 5.69 Å².